The van der Waals surface area contributed by atoms with Gasteiger partial charge in [-0.15, -0.1) is 0 Å². The molecule has 0 N–H and O–H groups in total. The van der Waals surface area contributed by atoms with E-state index in [1.807, 2.05) is 12.4 Å². The van der Waals surface area contributed by atoms with Crippen LogP contribution in [0.25, 0.3) is 33.0 Å². The normalized spacial score (nSPS) is 14.0. The van der Waals surface area contributed by atoms with Crippen molar-refractivity contribution in [2.45, 2.75) is 12.8 Å². The molecule has 2 aliphatic carbocycles. The van der Waals surface area contributed by atoms with E-state index in [9.17, 15) is 0 Å². The van der Waals surface area contributed by atoms with E-state index in [0.29, 0.717) is 0 Å². The van der Waals surface area contributed by atoms with E-state index in [0.717, 1.165) is 24.2 Å². The zero-order valence-corrected chi connectivity index (χ0v) is 15.9. The van der Waals surface area contributed by atoms with Crippen LogP contribution in [-0.2, 0) is 0 Å². The molecule has 0 fully saturated rings. The fourth-order valence-corrected chi connectivity index (χ4v) is 4.59. The van der Waals surface area contributed by atoms with Gasteiger partial charge in [0.2, 0.25) is 0 Å². The van der Waals surface area contributed by atoms with Gasteiger partial charge in [-0.2, -0.15) is 0 Å². The Hall–Kier alpha value is -3.72. The van der Waals surface area contributed by atoms with E-state index in [2.05, 4.69) is 87.7 Å². The minimum atomic E-state index is 0.974. The Labute approximate surface area is 169 Å². The number of allylic oxidation sites excluding steroid dienone is 3. The molecule has 138 valence electrons. The van der Waals surface area contributed by atoms with Gasteiger partial charge in [-0.05, 0) is 52.6 Å². The SMILES string of the molecule is C1=CC(N(c2cncnc2)c2ccc3c4c(cccc24)-c2ccccc2-3)=CCC1. The van der Waals surface area contributed by atoms with Crippen molar-refractivity contribution in [3.63, 3.8) is 0 Å². The molecule has 3 aromatic carbocycles. The molecule has 0 bridgehead atoms. The van der Waals surface area contributed by atoms with Gasteiger partial charge in [-0.25, -0.2) is 9.97 Å². The molecular formula is C26H19N3. The summed E-state index contributed by atoms with van der Waals surface area (Å²) in [5, 5.41) is 2.58. The van der Waals surface area contributed by atoms with Gasteiger partial charge >= 0.3 is 0 Å². The van der Waals surface area contributed by atoms with Crippen LogP contribution in [0.4, 0.5) is 11.4 Å². The third kappa shape index (κ3) is 2.44. The first-order valence-electron chi connectivity index (χ1n) is 9.99. The third-order valence-electron chi connectivity index (χ3n) is 5.80. The molecule has 1 heterocycles. The number of fused-ring (bicyclic) bond motifs is 3. The van der Waals surface area contributed by atoms with E-state index in [1.54, 1.807) is 6.33 Å². The molecule has 0 saturated heterocycles. The van der Waals surface area contributed by atoms with Gasteiger partial charge in [0, 0.05) is 11.1 Å². The van der Waals surface area contributed by atoms with Crippen LogP contribution >= 0.6 is 0 Å². The predicted molar refractivity (Wildman–Crippen MR) is 119 cm³/mol. The van der Waals surface area contributed by atoms with Crippen molar-refractivity contribution in [3.05, 3.63) is 97.2 Å². The van der Waals surface area contributed by atoms with E-state index >= 15 is 0 Å². The lowest BCUT2D eigenvalue weighted by atomic mass is 10.00. The lowest BCUT2D eigenvalue weighted by molar-refractivity contribution is 0.993. The minimum absolute atomic E-state index is 0.974. The Bertz CT molecular complexity index is 1270. The second kappa shape index (κ2) is 6.42. The lowest BCUT2D eigenvalue weighted by Crippen LogP contribution is -2.17. The van der Waals surface area contributed by atoms with Crippen LogP contribution in [-0.4, -0.2) is 9.97 Å². The Morgan fingerprint density at radius 2 is 1.48 bits per heavy atom. The van der Waals surface area contributed by atoms with Gasteiger partial charge in [-0.3, -0.25) is 0 Å². The van der Waals surface area contributed by atoms with Crippen LogP contribution in [0.2, 0.25) is 0 Å². The number of anilines is 2. The molecule has 29 heavy (non-hydrogen) atoms. The molecule has 4 aromatic rings. The summed E-state index contributed by atoms with van der Waals surface area (Å²) in [6.45, 7) is 0. The lowest BCUT2D eigenvalue weighted by Gasteiger charge is -2.28. The molecule has 0 spiro atoms. The molecule has 0 amide bonds. The molecule has 0 unspecified atom stereocenters. The fourth-order valence-electron chi connectivity index (χ4n) is 4.59. The molecule has 0 radical (unpaired) electrons. The van der Waals surface area contributed by atoms with Crippen LogP contribution in [0, 0.1) is 0 Å². The minimum Gasteiger partial charge on any atom is -0.307 e. The van der Waals surface area contributed by atoms with Crippen LogP contribution < -0.4 is 4.90 Å². The maximum absolute atomic E-state index is 4.28. The number of hydrogen-bond donors (Lipinski definition) is 0. The first kappa shape index (κ1) is 16.3. The smallest absolute Gasteiger partial charge is 0.115 e. The van der Waals surface area contributed by atoms with Crippen LogP contribution in [0.15, 0.2) is 97.2 Å². The van der Waals surface area contributed by atoms with Crippen molar-refractivity contribution in [2.24, 2.45) is 0 Å². The third-order valence-corrected chi connectivity index (χ3v) is 5.80. The second-order valence-corrected chi connectivity index (χ2v) is 7.45. The van der Waals surface area contributed by atoms with Gasteiger partial charge in [0.25, 0.3) is 0 Å². The van der Waals surface area contributed by atoms with Crippen molar-refractivity contribution in [1.82, 2.24) is 9.97 Å². The highest BCUT2D eigenvalue weighted by Gasteiger charge is 2.24. The van der Waals surface area contributed by atoms with Gasteiger partial charge in [-0.1, -0.05) is 60.7 Å². The van der Waals surface area contributed by atoms with Crippen LogP contribution in [0.5, 0.6) is 0 Å². The molecule has 0 aliphatic heterocycles. The van der Waals surface area contributed by atoms with Crippen molar-refractivity contribution >= 4 is 22.1 Å². The summed E-state index contributed by atoms with van der Waals surface area (Å²) in [6, 6.07) is 19.8. The Balaban J connectivity index is 1.64. The average molecular weight is 373 g/mol. The molecule has 0 atom stereocenters. The van der Waals surface area contributed by atoms with E-state index in [1.165, 1.54) is 38.7 Å². The standard InChI is InChI=1S/C26H19N3/c1-2-7-18(8-3-1)29(19-15-27-17-28-16-19)25-14-13-23-21-10-5-4-9-20(21)22-11-6-12-24(25)26(22)23/h2,4-17H,1,3H2. The van der Waals surface area contributed by atoms with Gasteiger partial charge in [0.15, 0.2) is 0 Å². The number of rotatable bonds is 3. The Morgan fingerprint density at radius 1 is 0.724 bits per heavy atom. The molecular weight excluding hydrogens is 354 g/mol. The second-order valence-electron chi connectivity index (χ2n) is 7.45. The monoisotopic (exact) mass is 373 g/mol. The quantitative estimate of drug-likeness (QED) is 0.354. The molecule has 6 rings (SSSR count). The summed E-state index contributed by atoms with van der Waals surface area (Å²) in [4.78, 5) is 10.8. The van der Waals surface area contributed by atoms with Gasteiger partial charge in [0.1, 0.15) is 6.33 Å². The summed E-state index contributed by atoms with van der Waals surface area (Å²) >= 11 is 0. The highest BCUT2D eigenvalue weighted by atomic mass is 15.2. The summed E-state index contributed by atoms with van der Waals surface area (Å²) in [5.41, 5.74) is 8.56. The molecule has 3 nitrogen and oxygen atoms in total. The van der Waals surface area contributed by atoms with E-state index in [-0.39, 0.29) is 0 Å². The van der Waals surface area contributed by atoms with Crippen molar-refractivity contribution in [3.8, 4) is 22.3 Å². The number of aromatic nitrogens is 2. The molecule has 1 aromatic heterocycles. The number of benzene rings is 3. The van der Waals surface area contributed by atoms with Crippen LogP contribution in [0.1, 0.15) is 12.8 Å². The summed E-state index contributed by atoms with van der Waals surface area (Å²) in [6.07, 6.45) is 14.2. The van der Waals surface area contributed by atoms with Crippen molar-refractivity contribution in [1.29, 1.82) is 0 Å². The van der Waals surface area contributed by atoms with Crippen LogP contribution in [0.3, 0.4) is 0 Å². The highest BCUT2D eigenvalue weighted by Crippen LogP contribution is 2.50. The Kier molecular flexibility index (Phi) is 3.60. The topological polar surface area (TPSA) is 29.0 Å². The molecule has 0 saturated carbocycles. The molecule has 2 aliphatic rings. The summed E-state index contributed by atoms with van der Waals surface area (Å²) < 4.78 is 0. The average Bonchev–Trinajstić information content (AvgIpc) is 3.13. The van der Waals surface area contributed by atoms with Crippen molar-refractivity contribution < 1.29 is 0 Å². The maximum atomic E-state index is 4.28. The molecule has 3 heteroatoms. The summed E-state index contributed by atoms with van der Waals surface area (Å²) in [5.74, 6) is 0. The van der Waals surface area contributed by atoms with E-state index in [4.69, 9.17) is 0 Å². The highest BCUT2D eigenvalue weighted by molar-refractivity contribution is 6.18. The number of hydrogen-bond acceptors (Lipinski definition) is 3. The van der Waals surface area contributed by atoms with Gasteiger partial charge in [0.05, 0.1) is 23.8 Å². The van der Waals surface area contributed by atoms with E-state index < -0.39 is 0 Å². The Morgan fingerprint density at radius 3 is 2.24 bits per heavy atom. The first-order chi connectivity index (χ1) is 14.4. The number of nitrogens with zero attached hydrogens (tertiary/aromatic N) is 3. The largest absolute Gasteiger partial charge is 0.307 e. The predicted octanol–water partition coefficient (Wildman–Crippen LogP) is 6.65. The maximum Gasteiger partial charge on any atom is 0.115 e. The van der Waals surface area contributed by atoms with Gasteiger partial charge < -0.3 is 4.90 Å². The van der Waals surface area contributed by atoms with Crippen molar-refractivity contribution in [2.75, 3.05) is 4.90 Å². The first-order valence-corrected chi connectivity index (χ1v) is 9.99. The fraction of sp³-hybridized carbons (Fsp3) is 0.0769. The zero-order valence-electron chi connectivity index (χ0n) is 15.9. The summed E-state index contributed by atoms with van der Waals surface area (Å²) in [7, 11) is 0. The zero-order chi connectivity index (χ0) is 19.2.